The van der Waals surface area contributed by atoms with Crippen LogP contribution in [0.15, 0.2) is 35.7 Å². The second-order valence-electron chi connectivity index (χ2n) is 3.75. The molecule has 4 heteroatoms. The topological polar surface area (TPSA) is 46.5 Å². The Hall–Kier alpha value is -1.51. The van der Waals surface area contributed by atoms with Gasteiger partial charge in [-0.05, 0) is 24.3 Å². The van der Waals surface area contributed by atoms with E-state index in [1.54, 1.807) is 17.4 Å². The van der Waals surface area contributed by atoms with Gasteiger partial charge < -0.3 is 0 Å². The monoisotopic (exact) mass is 249 g/mol. The highest BCUT2D eigenvalue weighted by molar-refractivity contribution is 7.10. The van der Waals surface area contributed by atoms with Gasteiger partial charge in [-0.2, -0.15) is 4.99 Å². The van der Waals surface area contributed by atoms with Gasteiger partial charge >= 0.3 is 0 Å². The van der Waals surface area contributed by atoms with E-state index in [1.807, 2.05) is 17.5 Å². The molecule has 0 N–H and O–H groups in total. The van der Waals surface area contributed by atoms with Crippen molar-refractivity contribution in [2.75, 3.05) is 0 Å². The first-order chi connectivity index (χ1) is 8.27. The summed E-state index contributed by atoms with van der Waals surface area (Å²) in [6, 6.07) is 3.92. The van der Waals surface area contributed by atoms with Crippen molar-refractivity contribution in [1.29, 1.82) is 0 Å². The Labute approximate surface area is 105 Å². The van der Waals surface area contributed by atoms with Crippen LogP contribution in [0.25, 0.3) is 0 Å². The number of Topliss-reactive ketones (excluding diaryl/α,β-unsaturated/α-hetero) is 1. The van der Waals surface area contributed by atoms with Crippen molar-refractivity contribution < 1.29 is 9.59 Å². The minimum atomic E-state index is -0.468. The van der Waals surface area contributed by atoms with Gasteiger partial charge in [0.15, 0.2) is 0 Å². The molecule has 1 heterocycles. The highest BCUT2D eigenvalue weighted by Crippen LogP contribution is 2.41. The number of nitrogens with zero attached hydrogens (tertiary/aromatic N) is 1. The Morgan fingerprint density at radius 3 is 2.47 bits per heavy atom. The van der Waals surface area contributed by atoms with Crippen molar-refractivity contribution in [3.8, 4) is 0 Å². The molecule has 0 atom stereocenters. The molecule has 0 radical (unpaired) electrons. The first-order valence-corrected chi connectivity index (χ1v) is 6.29. The van der Waals surface area contributed by atoms with Crippen LogP contribution < -0.4 is 0 Å². The summed E-state index contributed by atoms with van der Waals surface area (Å²) in [5, 5.41) is 1.97. The van der Waals surface area contributed by atoms with Gasteiger partial charge in [0.2, 0.25) is 6.08 Å². The average molecular weight is 249 g/mol. The van der Waals surface area contributed by atoms with Crippen LogP contribution >= 0.6 is 11.3 Å². The van der Waals surface area contributed by atoms with Crippen molar-refractivity contribution in [3.63, 3.8) is 0 Å². The van der Waals surface area contributed by atoms with Crippen LogP contribution in [0.4, 0.5) is 0 Å². The number of isocyanates is 1. The van der Waals surface area contributed by atoms with E-state index in [4.69, 9.17) is 0 Å². The lowest BCUT2D eigenvalue weighted by Crippen LogP contribution is -2.29. The molecular formula is C13H15NO2S. The van der Waals surface area contributed by atoms with E-state index in [9.17, 15) is 9.59 Å². The first-order valence-electron chi connectivity index (χ1n) is 5.41. The molecule has 0 amide bonds. The summed E-state index contributed by atoms with van der Waals surface area (Å²) in [5.74, 6) is 0.267. The van der Waals surface area contributed by atoms with Gasteiger partial charge in [0.05, 0.1) is 0 Å². The molecule has 0 aliphatic heterocycles. The number of hydrogen-bond acceptors (Lipinski definition) is 4. The Bertz CT molecular complexity index is 409. The van der Waals surface area contributed by atoms with Crippen molar-refractivity contribution in [2.24, 2.45) is 4.99 Å². The summed E-state index contributed by atoms with van der Waals surface area (Å²) in [5.41, 5.74) is -0.468. The molecule has 1 aliphatic carbocycles. The molecule has 90 valence electrons. The van der Waals surface area contributed by atoms with Crippen LogP contribution in [-0.2, 0) is 15.1 Å². The fraction of sp³-hybridized carbons (Fsp3) is 0.385. The molecule has 1 aromatic heterocycles. The van der Waals surface area contributed by atoms with Gasteiger partial charge in [-0.3, -0.25) is 4.79 Å². The third-order valence-corrected chi connectivity index (χ3v) is 3.94. The lowest BCUT2D eigenvalue weighted by molar-refractivity contribution is -0.121. The highest BCUT2D eigenvalue weighted by Gasteiger charge is 2.37. The smallest absolute Gasteiger partial charge is 0.235 e. The molecule has 0 bridgehead atoms. The van der Waals surface area contributed by atoms with Gasteiger partial charge in [-0.15, -0.1) is 24.5 Å². The minimum absolute atomic E-state index is 0.267. The first kappa shape index (κ1) is 13.6. The summed E-state index contributed by atoms with van der Waals surface area (Å²) < 4.78 is 0. The van der Waals surface area contributed by atoms with E-state index >= 15 is 0 Å². The largest absolute Gasteiger partial charge is 0.300 e. The molecule has 1 fully saturated rings. The Morgan fingerprint density at radius 2 is 2.00 bits per heavy atom. The van der Waals surface area contributed by atoms with Crippen LogP contribution in [0.1, 0.15) is 30.6 Å². The molecule has 0 unspecified atom stereocenters. The number of ketones is 1. The SMILES string of the molecule is C=C.O=C=NC1(c2cccs2)CCC(=O)CC1. The third kappa shape index (κ3) is 2.99. The maximum Gasteiger partial charge on any atom is 0.235 e. The maximum atomic E-state index is 11.2. The number of aliphatic imine (C=N–C) groups is 1. The Kier molecular flexibility index (Phi) is 5.01. The van der Waals surface area contributed by atoms with Gasteiger partial charge in [0.1, 0.15) is 11.3 Å². The molecule has 0 aromatic carbocycles. The zero-order valence-electron chi connectivity index (χ0n) is 9.65. The molecule has 0 saturated heterocycles. The molecule has 1 aromatic rings. The van der Waals surface area contributed by atoms with Crippen LogP contribution in [0, 0.1) is 0 Å². The van der Waals surface area contributed by atoms with Crippen LogP contribution in [0.2, 0.25) is 0 Å². The number of carbonyl (C=O) groups excluding carboxylic acids is 2. The fourth-order valence-corrected chi connectivity index (χ4v) is 2.92. The molecule has 3 nitrogen and oxygen atoms in total. The number of rotatable bonds is 2. The van der Waals surface area contributed by atoms with Crippen molar-refractivity contribution >= 4 is 23.2 Å². The summed E-state index contributed by atoms with van der Waals surface area (Å²) >= 11 is 1.59. The van der Waals surface area contributed by atoms with Crippen LogP contribution in [0.3, 0.4) is 0 Å². The third-order valence-electron chi connectivity index (χ3n) is 2.87. The predicted molar refractivity (Wildman–Crippen MR) is 68.8 cm³/mol. The van der Waals surface area contributed by atoms with E-state index < -0.39 is 5.54 Å². The van der Waals surface area contributed by atoms with Gasteiger partial charge in [-0.1, -0.05) is 6.07 Å². The van der Waals surface area contributed by atoms with Crippen molar-refractivity contribution in [2.45, 2.75) is 31.2 Å². The maximum absolute atomic E-state index is 11.2. The molecule has 1 saturated carbocycles. The lowest BCUT2D eigenvalue weighted by atomic mass is 9.80. The van der Waals surface area contributed by atoms with Crippen LogP contribution in [-0.4, -0.2) is 11.9 Å². The predicted octanol–water partition coefficient (Wildman–Crippen LogP) is 3.22. The van der Waals surface area contributed by atoms with Gasteiger partial charge in [-0.25, -0.2) is 4.79 Å². The number of thiophene rings is 1. The molecular weight excluding hydrogens is 234 g/mol. The summed E-state index contributed by atoms with van der Waals surface area (Å²) in [6.07, 6.45) is 3.97. The van der Waals surface area contributed by atoms with E-state index in [0.717, 1.165) is 4.88 Å². The summed E-state index contributed by atoms with van der Waals surface area (Å²) in [7, 11) is 0. The van der Waals surface area contributed by atoms with Crippen LogP contribution in [0.5, 0.6) is 0 Å². The summed E-state index contributed by atoms with van der Waals surface area (Å²) in [6.45, 7) is 6.00. The van der Waals surface area contributed by atoms with Crippen molar-refractivity contribution in [1.82, 2.24) is 0 Å². The Morgan fingerprint density at radius 1 is 1.35 bits per heavy atom. The Balaban J connectivity index is 0.000000686. The van der Waals surface area contributed by atoms with Crippen molar-refractivity contribution in [3.05, 3.63) is 35.5 Å². The van der Waals surface area contributed by atoms with Gasteiger partial charge in [0, 0.05) is 17.7 Å². The van der Waals surface area contributed by atoms with E-state index in [1.165, 1.54) is 0 Å². The second kappa shape index (κ2) is 6.28. The summed E-state index contributed by atoms with van der Waals surface area (Å²) in [4.78, 5) is 26.7. The minimum Gasteiger partial charge on any atom is -0.300 e. The molecule has 0 spiro atoms. The molecule has 17 heavy (non-hydrogen) atoms. The standard InChI is InChI=1S/C11H11NO2S.C2H4/c13-8-12-11(10-2-1-7-15-10)5-3-9(14)4-6-11;1-2/h1-2,7H,3-6H2;1-2H2. The molecule has 1 aliphatic rings. The number of hydrogen-bond donors (Lipinski definition) is 0. The zero-order valence-corrected chi connectivity index (χ0v) is 10.5. The zero-order chi connectivity index (χ0) is 12.7. The van der Waals surface area contributed by atoms with Gasteiger partial charge in [0.25, 0.3) is 0 Å². The normalized spacial score (nSPS) is 17.5. The van der Waals surface area contributed by atoms with E-state index in [-0.39, 0.29) is 5.78 Å². The number of carbonyl (C=O) groups is 1. The molecule has 2 rings (SSSR count). The fourth-order valence-electron chi connectivity index (χ4n) is 1.99. The lowest BCUT2D eigenvalue weighted by Gasteiger charge is -2.30. The second-order valence-corrected chi connectivity index (χ2v) is 4.70. The highest BCUT2D eigenvalue weighted by atomic mass is 32.1. The van der Waals surface area contributed by atoms with E-state index in [2.05, 4.69) is 18.2 Å². The quantitative estimate of drug-likeness (QED) is 0.459. The average Bonchev–Trinajstić information content (AvgIpc) is 2.90. The van der Waals surface area contributed by atoms with E-state index in [0.29, 0.717) is 25.7 Å².